The molecular weight excluding hydrogens is 260 g/mol. The highest BCUT2D eigenvalue weighted by atomic mass is 16.6. The van der Waals surface area contributed by atoms with Gasteiger partial charge in [-0.2, -0.15) is 0 Å². The summed E-state index contributed by atoms with van der Waals surface area (Å²) >= 11 is 0. The van der Waals surface area contributed by atoms with Crippen LogP contribution in [0.5, 0.6) is 0 Å². The van der Waals surface area contributed by atoms with Crippen LogP contribution in [-0.4, -0.2) is 15.8 Å². The minimum atomic E-state index is -0.474. The molecule has 7 heteroatoms. The van der Waals surface area contributed by atoms with Crippen molar-refractivity contribution in [1.29, 1.82) is 0 Å². The zero-order valence-corrected chi connectivity index (χ0v) is 10.4. The van der Waals surface area contributed by atoms with Crippen LogP contribution in [0.2, 0.25) is 0 Å². The number of non-ortho nitro benzene ring substituents is 1. The Kier molecular flexibility index (Phi) is 3.90. The minimum absolute atomic E-state index is 0.0107. The van der Waals surface area contributed by atoms with E-state index in [0.717, 1.165) is 5.56 Å². The topological polar surface area (TPSA) is 111 Å². The molecule has 0 atom stereocenters. The molecule has 0 radical (unpaired) electrons. The quantitative estimate of drug-likeness (QED) is 0.647. The van der Waals surface area contributed by atoms with Crippen LogP contribution in [0.1, 0.15) is 15.9 Å². The molecule has 1 aromatic heterocycles. The van der Waals surface area contributed by atoms with Gasteiger partial charge in [0.1, 0.15) is 5.82 Å². The zero-order valence-electron chi connectivity index (χ0n) is 10.4. The van der Waals surface area contributed by atoms with Gasteiger partial charge in [-0.05, 0) is 17.7 Å². The third kappa shape index (κ3) is 3.08. The van der Waals surface area contributed by atoms with E-state index in [2.05, 4.69) is 10.3 Å². The third-order valence-corrected chi connectivity index (χ3v) is 2.68. The molecule has 2 rings (SSSR count). The van der Waals surface area contributed by atoms with Gasteiger partial charge in [-0.25, -0.2) is 4.98 Å². The van der Waals surface area contributed by atoms with Crippen LogP contribution in [0, 0.1) is 10.1 Å². The maximum Gasteiger partial charge on any atom is 0.269 e. The van der Waals surface area contributed by atoms with Crippen LogP contribution in [0.3, 0.4) is 0 Å². The predicted molar refractivity (Wildman–Crippen MR) is 72.9 cm³/mol. The van der Waals surface area contributed by atoms with Crippen molar-refractivity contribution in [1.82, 2.24) is 10.3 Å². The number of nitrogen functional groups attached to an aromatic ring is 1. The number of nitrogens with zero attached hydrogens (tertiary/aromatic N) is 2. The number of nitrogens with one attached hydrogen (secondary N) is 1. The molecule has 1 heterocycles. The Labute approximate surface area is 114 Å². The molecule has 1 amide bonds. The Hall–Kier alpha value is -2.96. The first-order chi connectivity index (χ1) is 9.58. The lowest BCUT2D eigenvalue weighted by atomic mass is 10.2. The van der Waals surface area contributed by atoms with Gasteiger partial charge in [0.15, 0.2) is 0 Å². The van der Waals surface area contributed by atoms with E-state index < -0.39 is 4.92 Å². The first-order valence-electron chi connectivity index (χ1n) is 5.80. The second kappa shape index (κ2) is 5.79. The van der Waals surface area contributed by atoms with Crippen LogP contribution >= 0.6 is 0 Å². The first kappa shape index (κ1) is 13.5. The van der Waals surface area contributed by atoms with Crippen LogP contribution in [0.15, 0.2) is 42.6 Å². The van der Waals surface area contributed by atoms with Gasteiger partial charge in [0.2, 0.25) is 0 Å². The lowest BCUT2D eigenvalue weighted by Gasteiger charge is -2.06. The highest BCUT2D eigenvalue weighted by Gasteiger charge is 2.10. The number of amides is 1. The van der Waals surface area contributed by atoms with Crippen molar-refractivity contribution in [3.8, 4) is 0 Å². The van der Waals surface area contributed by atoms with Crippen molar-refractivity contribution in [2.75, 3.05) is 5.73 Å². The van der Waals surface area contributed by atoms with Gasteiger partial charge in [0, 0.05) is 24.9 Å². The SMILES string of the molecule is Nc1ncccc1C(=O)NCc1ccc([N+](=O)[O-])cc1. The summed E-state index contributed by atoms with van der Waals surface area (Å²) in [5, 5.41) is 13.2. The summed E-state index contributed by atoms with van der Waals surface area (Å²) < 4.78 is 0. The monoisotopic (exact) mass is 272 g/mol. The number of hydrogen-bond donors (Lipinski definition) is 2. The van der Waals surface area contributed by atoms with Crippen molar-refractivity contribution in [2.45, 2.75) is 6.54 Å². The molecule has 0 bridgehead atoms. The number of hydrogen-bond acceptors (Lipinski definition) is 5. The van der Waals surface area contributed by atoms with Crippen molar-refractivity contribution in [3.63, 3.8) is 0 Å². The van der Waals surface area contributed by atoms with Gasteiger partial charge >= 0.3 is 0 Å². The molecule has 0 fully saturated rings. The smallest absolute Gasteiger partial charge is 0.269 e. The third-order valence-electron chi connectivity index (χ3n) is 2.68. The maximum atomic E-state index is 11.9. The minimum Gasteiger partial charge on any atom is -0.383 e. The van der Waals surface area contributed by atoms with Gasteiger partial charge < -0.3 is 11.1 Å². The number of carbonyl (C=O) groups excluding carboxylic acids is 1. The van der Waals surface area contributed by atoms with E-state index in [1.807, 2.05) is 0 Å². The normalized spacial score (nSPS) is 10.0. The van der Waals surface area contributed by atoms with Crippen molar-refractivity contribution < 1.29 is 9.72 Å². The van der Waals surface area contributed by atoms with E-state index in [0.29, 0.717) is 5.56 Å². The molecule has 0 saturated carbocycles. The number of rotatable bonds is 4. The number of nitro benzene ring substituents is 1. The van der Waals surface area contributed by atoms with Crippen molar-refractivity contribution in [2.24, 2.45) is 0 Å². The summed E-state index contributed by atoms with van der Waals surface area (Å²) in [4.78, 5) is 25.7. The van der Waals surface area contributed by atoms with Gasteiger partial charge in [-0.3, -0.25) is 14.9 Å². The van der Waals surface area contributed by atoms with Gasteiger partial charge in [0.05, 0.1) is 10.5 Å². The number of carbonyl (C=O) groups is 1. The Bertz CT molecular complexity index is 640. The number of benzene rings is 1. The summed E-state index contributed by atoms with van der Waals surface area (Å²) in [7, 11) is 0. The van der Waals surface area contributed by atoms with Crippen LogP contribution in [-0.2, 0) is 6.54 Å². The van der Waals surface area contributed by atoms with Crippen LogP contribution in [0.25, 0.3) is 0 Å². The number of pyridine rings is 1. The number of anilines is 1. The highest BCUT2D eigenvalue weighted by Crippen LogP contribution is 2.12. The standard InChI is InChI=1S/C13H12N4O3/c14-12-11(2-1-7-15-12)13(18)16-8-9-3-5-10(6-4-9)17(19)20/h1-7H,8H2,(H2,14,15)(H,16,18). The Morgan fingerprint density at radius 2 is 2.00 bits per heavy atom. The number of nitrogens with two attached hydrogens (primary N) is 1. The highest BCUT2D eigenvalue weighted by molar-refractivity contribution is 5.98. The van der Waals surface area contributed by atoms with E-state index in [-0.39, 0.29) is 24.0 Å². The molecule has 7 nitrogen and oxygen atoms in total. The lowest BCUT2D eigenvalue weighted by molar-refractivity contribution is -0.384. The molecule has 20 heavy (non-hydrogen) atoms. The molecule has 0 saturated heterocycles. The maximum absolute atomic E-state index is 11.9. The summed E-state index contributed by atoms with van der Waals surface area (Å²) in [6.07, 6.45) is 1.50. The largest absolute Gasteiger partial charge is 0.383 e. The molecule has 2 aromatic rings. The van der Waals surface area contributed by atoms with Gasteiger partial charge in [0.25, 0.3) is 11.6 Å². The molecule has 0 aliphatic rings. The average Bonchev–Trinajstić information content (AvgIpc) is 2.45. The second-order valence-electron chi connectivity index (χ2n) is 4.04. The summed E-state index contributed by atoms with van der Waals surface area (Å²) in [6, 6.07) is 9.15. The van der Waals surface area contributed by atoms with E-state index in [1.165, 1.54) is 18.3 Å². The summed E-state index contributed by atoms with van der Waals surface area (Å²) in [5.74, 6) is -0.178. The molecule has 0 spiro atoms. The van der Waals surface area contributed by atoms with Crippen molar-refractivity contribution in [3.05, 3.63) is 63.8 Å². The average molecular weight is 272 g/mol. The van der Waals surface area contributed by atoms with Crippen LogP contribution in [0.4, 0.5) is 11.5 Å². The second-order valence-corrected chi connectivity index (χ2v) is 4.04. The van der Waals surface area contributed by atoms with E-state index in [1.54, 1.807) is 24.3 Å². The van der Waals surface area contributed by atoms with Gasteiger partial charge in [-0.1, -0.05) is 12.1 Å². The first-order valence-corrected chi connectivity index (χ1v) is 5.80. The zero-order chi connectivity index (χ0) is 14.5. The van der Waals surface area contributed by atoms with E-state index in [9.17, 15) is 14.9 Å². The molecule has 3 N–H and O–H groups in total. The number of aromatic nitrogens is 1. The molecule has 0 aliphatic heterocycles. The molecule has 1 aromatic carbocycles. The molecular formula is C13H12N4O3. The predicted octanol–water partition coefficient (Wildman–Crippen LogP) is 1.50. The Morgan fingerprint density at radius 1 is 1.30 bits per heavy atom. The van der Waals surface area contributed by atoms with Gasteiger partial charge in [-0.15, -0.1) is 0 Å². The fourth-order valence-corrected chi connectivity index (χ4v) is 1.62. The van der Waals surface area contributed by atoms with Crippen molar-refractivity contribution >= 4 is 17.4 Å². The summed E-state index contributed by atoms with van der Waals surface area (Å²) in [6.45, 7) is 0.255. The summed E-state index contributed by atoms with van der Waals surface area (Å²) in [5.41, 5.74) is 6.66. The van der Waals surface area contributed by atoms with Crippen LogP contribution < -0.4 is 11.1 Å². The fourth-order valence-electron chi connectivity index (χ4n) is 1.62. The molecule has 0 aliphatic carbocycles. The number of nitro groups is 1. The lowest BCUT2D eigenvalue weighted by Crippen LogP contribution is -2.24. The fraction of sp³-hybridized carbons (Fsp3) is 0.0769. The Balaban J connectivity index is 2.00. The molecule has 0 unspecified atom stereocenters. The van der Waals surface area contributed by atoms with E-state index in [4.69, 9.17) is 5.73 Å². The van der Waals surface area contributed by atoms with E-state index >= 15 is 0 Å². The Morgan fingerprint density at radius 3 is 2.60 bits per heavy atom. The molecule has 102 valence electrons.